The van der Waals surface area contributed by atoms with Crippen LogP contribution >= 0.6 is 11.3 Å². The molecule has 32 aromatic rings. The van der Waals surface area contributed by atoms with E-state index in [1.54, 1.807) is 0 Å². The first-order valence-corrected chi connectivity index (χ1v) is 50.7. The van der Waals surface area contributed by atoms with E-state index in [1.165, 1.54) is 155 Å². The van der Waals surface area contributed by atoms with Gasteiger partial charge in [0.2, 0.25) is 0 Å². The van der Waals surface area contributed by atoms with Crippen LogP contribution in [0.25, 0.3) is 316 Å². The SMILES string of the molecule is c1ccc(-c2nc(-c3cc(-c4ccc5c6ccccc6c6ccccc6c5c4)cc4c5ccccc5c5ccccc5c34)nc3c2oc2ccccc23)cc1.c1ccc(-c2nc(-c3cc(-c4ccc5oc6ccccc6c5c4)cc4c5ccccc5c5ccccc5c34)c3ccccc3n2)cc1.c1cnc2c(c1)ccc1ccc(-c3cc(-c4ccc5c(c4)sc4ccccc45)cc4c5ccccc5c5ccccc5c34)nc12. The van der Waals surface area contributed by atoms with E-state index < -0.39 is 0 Å². The van der Waals surface area contributed by atoms with Gasteiger partial charge >= 0.3 is 0 Å². The third-order valence-corrected chi connectivity index (χ3v) is 31.3. The van der Waals surface area contributed by atoms with Gasteiger partial charge in [0.05, 0.1) is 27.9 Å². The topological polar surface area (TPSA) is 104 Å². The summed E-state index contributed by atoms with van der Waals surface area (Å²) in [6, 6.07) is 171. The number of para-hydroxylation sites is 3. The summed E-state index contributed by atoms with van der Waals surface area (Å²) in [6.45, 7) is 0. The fraction of sp³-hybridized carbons (Fsp3) is 0. The summed E-state index contributed by atoms with van der Waals surface area (Å²) >= 11 is 1.86. The quantitative estimate of drug-likeness (QED) is 0.139. The molecule has 0 atom stereocenters. The van der Waals surface area contributed by atoms with Crippen LogP contribution in [0.5, 0.6) is 0 Å². The van der Waals surface area contributed by atoms with E-state index in [0.717, 1.165) is 144 Å². The minimum Gasteiger partial charge on any atom is -0.456 e. The van der Waals surface area contributed by atoms with Gasteiger partial charge in [-0.1, -0.05) is 376 Å². The number of rotatable bonds is 8. The van der Waals surface area contributed by atoms with Gasteiger partial charge in [0, 0.05) is 91.9 Å². The molecule has 0 spiro atoms. The molecule has 0 bridgehead atoms. The lowest BCUT2D eigenvalue weighted by Gasteiger charge is -2.18. The lowest BCUT2D eigenvalue weighted by Crippen LogP contribution is -1.97. The molecule has 680 valence electrons. The molecule has 0 fully saturated rings. The molecule has 0 amide bonds. The highest BCUT2D eigenvalue weighted by molar-refractivity contribution is 7.25. The summed E-state index contributed by atoms with van der Waals surface area (Å²) in [6.07, 6.45) is 1.86. The highest BCUT2D eigenvalue weighted by atomic mass is 32.1. The molecule has 0 radical (unpaired) electrons. The summed E-state index contributed by atoms with van der Waals surface area (Å²) in [4.78, 5) is 31.4. The monoisotopic (exact) mass is 1880 g/mol. The minimum atomic E-state index is 0.669. The molecular weight excluding hydrogens is 1810 g/mol. The van der Waals surface area contributed by atoms with Crippen LogP contribution in [0.2, 0.25) is 0 Å². The number of aromatic nitrogens is 6. The molecule has 0 N–H and O–H groups in total. The average Bonchev–Trinajstić information content (AvgIpc) is 1.40. The van der Waals surface area contributed by atoms with Crippen LogP contribution in [0, 0.1) is 0 Å². The van der Waals surface area contributed by atoms with Gasteiger partial charge < -0.3 is 8.83 Å². The molecule has 0 unspecified atom stereocenters. The zero-order valence-corrected chi connectivity index (χ0v) is 79.9. The van der Waals surface area contributed by atoms with Crippen molar-refractivity contribution in [3.05, 3.63) is 485 Å². The number of furan rings is 2. The van der Waals surface area contributed by atoms with Crippen LogP contribution in [0.3, 0.4) is 0 Å². The summed E-state index contributed by atoms with van der Waals surface area (Å²) in [5.41, 5.74) is 21.7. The maximum Gasteiger partial charge on any atom is 0.180 e. The van der Waals surface area contributed by atoms with Gasteiger partial charge in [-0.2, -0.15) is 0 Å². The lowest BCUT2D eigenvalue weighted by molar-refractivity contribution is 0.667. The maximum absolute atomic E-state index is 6.52. The Hall–Kier alpha value is -19.3. The van der Waals surface area contributed by atoms with Gasteiger partial charge in [-0.25, -0.2) is 24.9 Å². The third kappa shape index (κ3) is 13.6. The van der Waals surface area contributed by atoms with E-state index in [1.807, 2.05) is 90.3 Å². The van der Waals surface area contributed by atoms with Crippen LogP contribution in [-0.2, 0) is 0 Å². The van der Waals surface area contributed by atoms with Crippen LogP contribution in [-0.4, -0.2) is 29.9 Å². The fourth-order valence-electron chi connectivity index (χ4n) is 23.4. The normalized spacial score (nSPS) is 11.9. The molecule has 7 aromatic heterocycles. The molecule has 9 heteroatoms. The first-order valence-electron chi connectivity index (χ1n) is 49.9. The largest absolute Gasteiger partial charge is 0.456 e. The van der Waals surface area contributed by atoms with E-state index >= 15 is 0 Å². The highest BCUT2D eigenvalue weighted by Crippen LogP contribution is 2.52. The van der Waals surface area contributed by atoms with Crippen molar-refractivity contribution in [1.82, 2.24) is 29.9 Å². The van der Waals surface area contributed by atoms with Gasteiger partial charge in [0.25, 0.3) is 0 Å². The Bertz CT molecular complexity index is 11200. The number of thiophene rings is 1. The Labute approximate surface area is 845 Å². The Balaban J connectivity index is 0.000000103. The van der Waals surface area contributed by atoms with E-state index in [-0.39, 0.29) is 0 Å². The van der Waals surface area contributed by atoms with Gasteiger partial charge in [0.15, 0.2) is 17.2 Å². The van der Waals surface area contributed by atoms with Crippen molar-refractivity contribution in [2.24, 2.45) is 0 Å². The zero-order valence-electron chi connectivity index (χ0n) is 79.1. The second kappa shape index (κ2) is 33.7. The molecule has 0 saturated carbocycles. The average molecular weight is 1890 g/mol. The molecule has 0 aliphatic rings. The molecule has 25 aromatic carbocycles. The number of hydrogen-bond donors (Lipinski definition) is 0. The van der Waals surface area contributed by atoms with Gasteiger partial charge in [0.1, 0.15) is 28.0 Å². The van der Waals surface area contributed by atoms with Crippen molar-refractivity contribution in [2.75, 3.05) is 0 Å². The number of hydrogen-bond acceptors (Lipinski definition) is 9. The first kappa shape index (κ1) is 83.5. The minimum absolute atomic E-state index is 0.669. The number of fused-ring (bicyclic) bond motifs is 37. The molecule has 0 aliphatic heterocycles. The predicted octanol–water partition coefficient (Wildman–Crippen LogP) is 38.2. The fourth-order valence-corrected chi connectivity index (χ4v) is 24.6. The summed E-state index contributed by atoms with van der Waals surface area (Å²) in [5.74, 6) is 1.39. The summed E-state index contributed by atoms with van der Waals surface area (Å²) in [7, 11) is 0. The molecule has 8 nitrogen and oxygen atoms in total. The Morgan fingerprint density at radius 3 is 1.15 bits per heavy atom. The first-order chi connectivity index (χ1) is 72.9. The van der Waals surface area contributed by atoms with Gasteiger partial charge in [-0.15, -0.1) is 11.3 Å². The lowest BCUT2D eigenvalue weighted by atomic mass is 9.87. The smallest absolute Gasteiger partial charge is 0.180 e. The van der Waals surface area contributed by atoms with Gasteiger partial charge in [-0.05, 0) is 260 Å². The van der Waals surface area contributed by atoms with Gasteiger partial charge in [-0.3, -0.25) is 4.98 Å². The van der Waals surface area contributed by atoms with Crippen LogP contribution in [0.4, 0.5) is 0 Å². The van der Waals surface area contributed by atoms with Crippen LogP contribution in [0.15, 0.2) is 494 Å². The zero-order chi connectivity index (χ0) is 96.4. The second-order valence-corrected chi connectivity index (χ2v) is 39.4. The summed E-state index contributed by atoms with van der Waals surface area (Å²) < 4.78 is 15.3. The number of benzene rings is 25. The summed E-state index contributed by atoms with van der Waals surface area (Å²) in [5, 5.41) is 38.6. The van der Waals surface area contributed by atoms with Crippen molar-refractivity contribution in [1.29, 1.82) is 0 Å². The van der Waals surface area contributed by atoms with E-state index in [9.17, 15) is 0 Å². The Morgan fingerprint density at radius 1 is 0.177 bits per heavy atom. The standard InChI is InChI=1S/C52H30N2O.C44H26N2O.C42H24N2S/c1-2-14-31(15-3-1)49-51-50(43-24-12-13-25-47(43)55-51)54-52(53-49)46-30-33(29-45-40-22-9-7-19-37(40)38-20-10-11-23-42(38)48(45)46)32-26-27-41-36-18-5-4-16-34(36)35-17-6-8-21-39(35)44(41)28-32;1-2-12-27(13-3-1)44-45-39-20-10-8-19-35(39)43(46-44)38-26-29(28-22-23-41-36(24-28)33-17-9-11-21-40(33)47-41)25-37-32-16-5-4-14-30(32)31-15-6-7-18-34(31)42(37)38;1-2-11-31-29(9-1)30-10-3-4-13-34(30)40-35(31)22-28(27-17-19-33-32-12-5-6-14-38(32)45-39(33)24-27)23-36(40)37-20-18-26-16-15-25-8-7-21-43-41(25)42(26)44-37/h1-30H;1-26H;1-24H. The Morgan fingerprint density at radius 2 is 0.565 bits per heavy atom. The van der Waals surface area contributed by atoms with E-state index in [2.05, 4.69) is 406 Å². The van der Waals surface area contributed by atoms with Crippen molar-refractivity contribution >= 4 is 237 Å². The van der Waals surface area contributed by atoms with Crippen molar-refractivity contribution in [3.8, 4) is 89.9 Å². The molecule has 7 heterocycles. The second-order valence-electron chi connectivity index (χ2n) is 38.3. The molecule has 147 heavy (non-hydrogen) atoms. The third-order valence-electron chi connectivity index (χ3n) is 30.1. The number of pyridine rings is 2. The van der Waals surface area contributed by atoms with Crippen LogP contribution < -0.4 is 0 Å². The maximum atomic E-state index is 6.52. The van der Waals surface area contributed by atoms with Crippen LogP contribution in [0.1, 0.15) is 0 Å². The van der Waals surface area contributed by atoms with E-state index in [4.69, 9.17) is 38.7 Å². The van der Waals surface area contributed by atoms with Crippen molar-refractivity contribution in [2.45, 2.75) is 0 Å². The predicted molar refractivity (Wildman–Crippen MR) is 620 cm³/mol. The molecule has 0 saturated heterocycles. The highest BCUT2D eigenvalue weighted by Gasteiger charge is 2.27. The molecular formula is C138H80N6O2S. The van der Waals surface area contributed by atoms with E-state index in [0.29, 0.717) is 17.2 Å². The molecule has 32 rings (SSSR count). The van der Waals surface area contributed by atoms with Crippen molar-refractivity contribution < 1.29 is 8.83 Å². The molecule has 0 aliphatic carbocycles. The van der Waals surface area contributed by atoms with Crippen molar-refractivity contribution in [3.63, 3.8) is 0 Å². The Kier molecular flexibility index (Phi) is 19.1. The number of nitrogens with zero attached hydrogens (tertiary/aromatic N) is 6.